The van der Waals surface area contributed by atoms with E-state index < -0.39 is 0 Å². The first-order chi connectivity index (χ1) is 9.72. The Balaban J connectivity index is 1.68. The van der Waals surface area contributed by atoms with Crippen LogP contribution in [0, 0.1) is 0 Å². The first-order valence-corrected chi connectivity index (χ1v) is 7.22. The van der Waals surface area contributed by atoms with Crippen molar-refractivity contribution < 1.29 is 0 Å². The van der Waals surface area contributed by atoms with E-state index in [1.54, 1.807) is 0 Å². The normalized spacial score (nSPS) is 10.9. The van der Waals surface area contributed by atoms with E-state index in [0.717, 1.165) is 28.8 Å². The van der Waals surface area contributed by atoms with Gasteiger partial charge in [-0.3, -0.25) is 0 Å². The summed E-state index contributed by atoms with van der Waals surface area (Å²) in [5, 5.41) is 6.05. The standard InChI is InChI=1S/C16H14Cl2N2/c17-13-2-1-3-15(11-13)19-7-9-20-8-6-12-10-14(18)4-5-16(12)20/h1-6,8,10-11,19H,7,9H2. The zero-order valence-electron chi connectivity index (χ0n) is 10.8. The highest BCUT2D eigenvalue weighted by Crippen LogP contribution is 2.20. The van der Waals surface area contributed by atoms with Gasteiger partial charge in [0.15, 0.2) is 0 Å². The van der Waals surface area contributed by atoms with Crippen molar-refractivity contribution in [3.05, 3.63) is 64.8 Å². The highest BCUT2D eigenvalue weighted by molar-refractivity contribution is 6.31. The van der Waals surface area contributed by atoms with E-state index in [-0.39, 0.29) is 0 Å². The highest BCUT2D eigenvalue weighted by Gasteiger charge is 2.01. The van der Waals surface area contributed by atoms with Gasteiger partial charge in [-0.15, -0.1) is 0 Å². The summed E-state index contributed by atoms with van der Waals surface area (Å²) in [6.45, 7) is 1.73. The van der Waals surface area contributed by atoms with Crippen LogP contribution in [0.15, 0.2) is 54.7 Å². The summed E-state index contributed by atoms with van der Waals surface area (Å²) < 4.78 is 2.21. The topological polar surface area (TPSA) is 17.0 Å². The molecule has 0 aliphatic rings. The molecule has 1 aromatic heterocycles. The molecule has 2 aromatic carbocycles. The number of anilines is 1. The minimum absolute atomic E-state index is 0.746. The van der Waals surface area contributed by atoms with Crippen molar-refractivity contribution in [3.63, 3.8) is 0 Å². The van der Waals surface area contributed by atoms with Gasteiger partial charge < -0.3 is 9.88 Å². The summed E-state index contributed by atoms with van der Waals surface area (Å²) in [6.07, 6.45) is 2.08. The minimum atomic E-state index is 0.746. The lowest BCUT2D eigenvalue weighted by molar-refractivity contribution is 0.757. The first-order valence-electron chi connectivity index (χ1n) is 6.46. The van der Waals surface area contributed by atoms with E-state index in [1.807, 2.05) is 36.4 Å². The van der Waals surface area contributed by atoms with Gasteiger partial charge in [-0.2, -0.15) is 0 Å². The number of benzene rings is 2. The van der Waals surface area contributed by atoms with Gasteiger partial charge in [0.25, 0.3) is 0 Å². The molecule has 1 heterocycles. The first kappa shape index (κ1) is 13.3. The number of halogens is 2. The molecule has 20 heavy (non-hydrogen) atoms. The fourth-order valence-electron chi connectivity index (χ4n) is 2.29. The van der Waals surface area contributed by atoms with E-state index >= 15 is 0 Å². The zero-order valence-corrected chi connectivity index (χ0v) is 12.3. The van der Waals surface area contributed by atoms with E-state index in [0.29, 0.717) is 0 Å². The van der Waals surface area contributed by atoms with Crippen LogP contribution in [-0.4, -0.2) is 11.1 Å². The molecule has 0 saturated carbocycles. The summed E-state index contributed by atoms with van der Waals surface area (Å²) in [6, 6.07) is 15.8. The predicted octanol–water partition coefficient (Wildman–Crippen LogP) is 5.06. The number of hydrogen-bond donors (Lipinski definition) is 1. The summed E-state index contributed by atoms with van der Waals surface area (Å²) in [5.41, 5.74) is 2.24. The molecule has 0 aliphatic heterocycles. The third kappa shape index (κ3) is 2.92. The molecule has 2 nitrogen and oxygen atoms in total. The average Bonchev–Trinajstić information content (AvgIpc) is 2.81. The SMILES string of the molecule is Clc1cccc(NCCn2ccc3cc(Cl)ccc32)c1. The molecule has 4 heteroatoms. The van der Waals surface area contributed by atoms with Crippen molar-refractivity contribution in [2.45, 2.75) is 6.54 Å². The summed E-state index contributed by atoms with van der Waals surface area (Å²) in [7, 11) is 0. The zero-order chi connectivity index (χ0) is 13.9. The molecular formula is C16H14Cl2N2. The Labute approximate surface area is 127 Å². The number of nitrogens with one attached hydrogen (secondary N) is 1. The molecule has 0 amide bonds. The maximum Gasteiger partial charge on any atom is 0.0481 e. The Morgan fingerprint density at radius 2 is 1.80 bits per heavy atom. The Morgan fingerprint density at radius 1 is 0.950 bits per heavy atom. The van der Waals surface area contributed by atoms with Crippen LogP contribution in [0.1, 0.15) is 0 Å². The van der Waals surface area contributed by atoms with Crippen molar-refractivity contribution in [1.82, 2.24) is 4.57 Å². The lowest BCUT2D eigenvalue weighted by atomic mass is 10.2. The molecule has 0 bridgehead atoms. The molecule has 0 atom stereocenters. The third-order valence-corrected chi connectivity index (χ3v) is 3.71. The molecule has 3 aromatic rings. The Hall–Kier alpha value is -1.64. The number of aromatic nitrogens is 1. The van der Waals surface area contributed by atoms with Crippen molar-refractivity contribution >= 4 is 39.8 Å². The molecule has 0 unspecified atom stereocenters. The Morgan fingerprint density at radius 3 is 2.65 bits per heavy atom. The Bertz CT molecular complexity index is 734. The van der Waals surface area contributed by atoms with Crippen LogP contribution >= 0.6 is 23.2 Å². The third-order valence-electron chi connectivity index (χ3n) is 3.24. The molecule has 0 radical (unpaired) electrons. The molecule has 0 saturated heterocycles. The van der Waals surface area contributed by atoms with E-state index in [4.69, 9.17) is 23.2 Å². The molecular weight excluding hydrogens is 291 g/mol. The molecule has 0 spiro atoms. The van der Waals surface area contributed by atoms with Crippen LogP contribution in [-0.2, 0) is 6.54 Å². The van der Waals surface area contributed by atoms with Crippen molar-refractivity contribution in [2.75, 3.05) is 11.9 Å². The van der Waals surface area contributed by atoms with Crippen LogP contribution in [0.5, 0.6) is 0 Å². The smallest absolute Gasteiger partial charge is 0.0481 e. The van der Waals surface area contributed by atoms with Gasteiger partial charge in [0.05, 0.1) is 0 Å². The van der Waals surface area contributed by atoms with E-state index in [1.165, 1.54) is 10.9 Å². The Kier molecular flexibility index (Phi) is 3.86. The highest BCUT2D eigenvalue weighted by atomic mass is 35.5. The number of rotatable bonds is 4. The van der Waals surface area contributed by atoms with Crippen LogP contribution < -0.4 is 5.32 Å². The summed E-state index contributed by atoms with van der Waals surface area (Å²) >= 11 is 12.0. The minimum Gasteiger partial charge on any atom is -0.383 e. The second kappa shape index (κ2) is 5.78. The number of nitrogens with zero attached hydrogens (tertiary/aromatic N) is 1. The fourth-order valence-corrected chi connectivity index (χ4v) is 2.66. The quantitative estimate of drug-likeness (QED) is 0.713. The molecule has 0 aliphatic carbocycles. The molecule has 3 rings (SSSR count). The van der Waals surface area contributed by atoms with Crippen molar-refractivity contribution in [1.29, 1.82) is 0 Å². The average molecular weight is 305 g/mol. The van der Waals surface area contributed by atoms with Crippen molar-refractivity contribution in [2.24, 2.45) is 0 Å². The second-order valence-electron chi connectivity index (χ2n) is 4.65. The van der Waals surface area contributed by atoms with Crippen LogP contribution in [0.25, 0.3) is 10.9 Å². The maximum absolute atomic E-state index is 5.99. The van der Waals surface area contributed by atoms with Gasteiger partial charge in [0.1, 0.15) is 0 Å². The largest absolute Gasteiger partial charge is 0.383 e. The number of fused-ring (bicyclic) bond motifs is 1. The predicted molar refractivity (Wildman–Crippen MR) is 86.9 cm³/mol. The maximum atomic E-state index is 5.99. The van der Waals surface area contributed by atoms with Gasteiger partial charge in [-0.25, -0.2) is 0 Å². The molecule has 1 N–H and O–H groups in total. The van der Waals surface area contributed by atoms with Gasteiger partial charge >= 0.3 is 0 Å². The lowest BCUT2D eigenvalue weighted by Gasteiger charge is -2.09. The summed E-state index contributed by atoms with van der Waals surface area (Å²) in [5.74, 6) is 0. The van der Waals surface area contributed by atoms with E-state index in [2.05, 4.69) is 28.2 Å². The van der Waals surface area contributed by atoms with Gasteiger partial charge in [0, 0.05) is 45.9 Å². The second-order valence-corrected chi connectivity index (χ2v) is 5.52. The van der Waals surface area contributed by atoms with Gasteiger partial charge in [-0.1, -0.05) is 29.3 Å². The van der Waals surface area contributed by atoms with Crippen LogP contribution in [0.4, 0.5) is 5.69 Å². The number of hydrogen-bond acceptors (Lipinski definition) is 1. The summed E-state index contributed by atoms with van der Waals surface area (Å²) in [4.78, 5) is 0. The fraction of sp³-hybridized carbons (Fsp3) is 0.125. The van der Waals surface area contributed by atoms with Crippen LogP contribution in [0.3, 0.4) is 0 Å². The van der Waals surface area contributed by atoms with Gasteiger partial charge in [-0.05, 0) is 42.5 Å². The monoisotopic (exact) mass is 304 g/mol. The van der Waals surface area contributed by atoms with Crippen molar-refractivity contribution in [3.8, 4) is 0 Å². The lowest BCUT2D eigenvalue weighted by Crippen LogP contribution is -2.09. The molecule has 102 valence electrons. The van der Waals surface area contributed by atoms with Crippen LogP contribution in [0.2, 0.25) is 10.0 Å². The van der Waals surface area contributed by atoms with Gasteiger partial charge in [0.2, 0.25) is 0 Å². The molecule has 0 fully saturated rings. The van der Waals surface area contributed by atoms with E-state index in [9.17, 15) is 0 Å².